The smallest absolute Gasteiger partial charge is 0.251 e. The van der Waals surface area contributed by atoms with Gasteiger partial charge < -0.3 is 10.6 Å². The number of rotatable bonds is 5. The SMILES string of the molecule is CN=C(NCc1ncccc1C)NC1CCN(CC(F)F)CC1.I. The molecular formula is C16H26F2IN5. The molecule has 0 atom stereocenters. The van der Waals surface area contributed by atoms with E-state index in [1.165, 1.54) is 0 Å². The lowest BCUT2D eigenvalue weighted by molar-refractivity contribution is 0.0744. The molecule has 0 saturated carbocycles. The largest absolute Gasteiger partial charge is 0.354 e. The number of alkyl halides is 2. The Morgan fingerprint density at radius 2 is 2.12 bits per heavy atom. The topological polar surface area (TPSA) is 52.6 Å². The van der Waals surface area contributed by atoms with Crippen LogP contribution in [0.4, 0.5) is 8.78 Å². The molecule has 0 spiro atoms. The number of guanidine groups is 1. The lowest BCUT2D eigenvalue weighted by atomic mass is 10.1. The second-order valence-corrected chi connectivity index (χ2v) is 5.80. The van der Waals surface area contributed by atoms with Crippen molar-refractivity contribution in [1.82, 2.24) is 20.5 Å². The highest BCUT2D eigenvalue weighted by Gasteiger charge is 2.21. The molecule has 136 valence electrons. The van der Waals surface area contributed by atoms with Gasteiger partial charge in [-0.25, -0.2) is 8.78 Å². The number of likely N-dealkylation sites (tertiary alicyclic amines) is 1. The summed E-state index contributed by atoms with van der Waals surface area (Å²) in [7, 11) is 1.73. The maximum absolute atomic E-state index is 12.4. The van der Waals surface area contributed by atoms with E-state index < -0.39 is 6.43 Å². The molecular weight excluding hydrogens is 427 g/mol. The summed E-state index contributed by atoms with van der Waals surface area (Å²) >= 11 is 0. The van der Waals surface area contributed by atoms with Crippen molar-refractivity contribution in [3.05, 3.63) is 29.6 Å². The molecule has 1 fully saturated rings. The fourth-order valence-corrected chi connectivity index (χ4v) is 2.71. The van der Waals surface area contributed by atoms with Gasteiger partial charge >= 0.3 is 0 Å². The third-order valence-corrected chi connectivity index (χ3v) is 4.09. The summed E-state index contributed by atoms with van der Waals surface area (Å²) in [5.74, 6) is 0.724. The Balaban J connectivity index is 0.00000288. The molecule has 1 aliphatic rings. The van der Waals surface area contributed by atoms with Crippen molar-refractivity contribution in [2.75, 3.05) is 26.7 Å². The Bertz CT molecular complexity index is 519. The molecule has 0 bridgehead atoms. The van der Waals surface area contributed by atoms with Crippen LogP contribution in [0.2, 0.25) is 0 Å². The number of piperidine rings is 1. The molecule has 5 nitrogen and oxygen atoms in total. The van der Waals surface area contributed by atoms with E-state index >= 15 is 0 Å². The number of aryl methyl sites for hydroxylation is 1. The number of nitrogens with zero attached hydrogens (tertiary/aromatic N) is 3. The summed E-state index contributed by atoms with van der Waals surface area (Å²) in [4.78, 5) is 10.4. The zero-order valence-electron chi connectivity index (χ0n) is 14.1. The van der Waals surface area contributed by atoms with Crippen molar-refractivity contribution in [2.45, 2.75) is 38.8 Å². The minimum absolute atomic E-state index is 0. The van der Waals surface area contributed by atoms with Crippen LogP contribution in [0.5, 0.6) is 0 Å². The Morgan fingerprint density at radius 3 is 2.71 bits per heavy atom. The van der Waals surface area contributed by atoms with Crippen LogP contribution in [0.1, 0.15) is 24.1 Å². The maximum atomic E-state index is 12.4. The Labute approximate surface area is 159 Å². The van der Waals surface area contributed by atoms with Crippen molar-refractivity contribution in [3.8, 4) is 0 Å². The molecule has 0 unspecified atom stereocenters. The predicted molar refractivity (Wildman–Crippen MR) is 103 cm³/mol. The van der Waals surface area contributed by atoms with Gasteiger partial charge in [0.05, 0.1) is 18.8 Å². The van der Waals surface area contributed by atoms with Crippen LogP contribution in [-0.2, 0) is 6.54 Å². The van der Waals surface area contributed by atoms with Crippen LogP contribution in [0, 0.1) is 6.92 Å². The van der Waals surface area contributed by atoms with E-state index in [0.29, 0.717) is 19.6 Å². The zero-order chi connectivity index (χ0) is 16.7. The van der Waals surface area contributed by atoms with E-state index in [-0.39, 0.29) is 36.6 Å². The first-order chi connectivity index (χ1) is 11.1. The van der Waals surface area contributed by atoms with Gasteiger partial charge in [0.1, 0.15) is 0 Å². The maximum Gasteiger partial charge on any atom is 0.251 e. The second kappa shape index (κ2) is 10.8. The Morgan fingerprint density at radius 1 is 1.42 bits per heavy atom. The minimum atomic E-state index is -2.25. The van der Waals surface area contributed by atoms with Crippen molar-refractivity contribution in [2.24, 2.45) is 4.99 Å². The number of halogens is 3. The molecule has 1 aromatic rings. The average Bonchev–Trinajstić information content (AvgIpc) is 2.54. The number of aromatic nitrogens is 1. The number of hydrogen-bond acceptors (Lipinski definition) is 3. The van der Waals surface area contributed by atoms with Gasteiger partial charge in [0.25, 0.3) is 6.43 Å². The fourth-order valence-electron chi connectivity index (χ4n) is 2.71. The average molecular weight is 453 g/mol. The molecule has 0 aliphatic carbocycles. The van der Waals surface area contributed by atoms with Crippen LogP contribution < -0.4 is 10.6 Å². The number of hydrogen-bond donors (Lipinski definition) is 2. The first-order valence-corrected chi connectivity index (χ1v) is 7.96. The Hall–Kier alpha value is -1.03. The van der Waals surface area contributed by atoms with Crippen LogP contribution in [0.25, 0.3) is 0 Å². The van der Waals surface area contributed by atoms with Gasteiger partial charge in [-0.3, -0.25) is 14.9 Å². The van der Waals surface area contributed by atoms with E-state index in [4.69, 9.17) is 0 Å². The number of aliphatic imine (C=N–C) groups is 1. The zero-order valence-corrected chi connectivity index (χ0v) is 16.5. The lowest BCUT2D eigenvalue weighted by Crippen LogP contribution is -2.49. The molecule has 0 aromatic carbocycles. The van der Waals surface area contributed by atoms with Crippen LogP contribution in [-0.4, -0.2) is 55.0 Å². The first-order valence-electron chi connectivity index (χ1n) is 7.96. The standard InChI is InChI=1S/C16H25F2N5.HI/c1-12-4-3-7-20-14(12)10-21-16(19-2)22-13-5-8-23(9-6-13)11-15(17)18;/h3-4,7,13,15H,5-6,8-11H2,1-2H3,(H2,19,21,22);1H. The number of pyridine rings is 1. The first kappa shape index (κ1) is 21.0. The summed E-state index contributed by atoms with van der Waals surface area (Å²) < 4.78 is 24.8. The second-order valence-electron chi connectivity index (χ2n) is 5.80. The summed E-state index contributed by atoms with van der Waals surface area (Å²) in [5, 5.41) is 6.63. The van der Waals surface area contributed by atoms with Crippen LogP contribution in [0.15, 0.2) is 23.3 Å². The third kappa shape index (κ3) is 6.84. The van der Waals surface area contributed by atoms with Crippen molar-refractivity contribution < 1.29 is 8.78 Å². The fraction of sp³-hybridized carbons (Fsp3) is 0.625. The van der Waals surface area contributed by atoms with Gasteiger partial charge in [0, 0.05) is 32.4 Å². The summed E-state index contributed by atoms with van der Waals surface area (Å²) in [6.45, 7) is 3.89. The van der Waals surface area contributed by atoms with Gasteiger partial charge in [-0.15, -0.1) is 24.0 Å². The van der Waals surface area contributed by atoms with E-state index in [1.54, 1.807) is 13.2 Å². The number of nitrogens with one attached hydrogen (secondary N) is 2. The monoisotopic (exact) mass is 453 g/mol. The van der Waals surface area contributed by atoms with Crippen molar-refractivity contribution in [3.63, 3.8) is 0 Å². The third-order valence-electron chi connectivity index (χ3n) is 4.09. The normalized spacial score (nSPS) is 16.8. The van der Waals surface area contributed by atoms with E-state index in [0.717, 1.165) is 30.1 Å². The molecule has 1 saturated heterocycles. The van der Waals surface area contributed by atoms with Gasteiger partial charge in [0.15, 0.2) is 5.96 Å². The van der Waals surface area contributed by atoms with E-state index in [2.05, 4.69) is 20.6 Å². The van der Waals surface area contributed by atoms with Gasteiger partial charge in [-0.2, -0.15) is 0 Å². The molecule has 0 radical (unpaired) electrons. The van der Waals surface area contributed by atoms with E-state index in [9.17, 15) is 8.78 Å². The van der Waals surface area contributed by atoms with Crippen LogP contribution in [0.3, 0.4) is 0 Å². The molecule has 2 rings (SSSR count). The minimum Gasteiger partial charge on any atom is -0.354 e. The van der Waals surface area contributed by atoms with E-state index in [1.807, 2.05) is 24.0 Å². The highest BCUT2D eigenvalue weighted by molar-refractivity contribution is 14.0. The summed E-state index contributed by atoms with van der Waals surface area (Å²) in [6, 6.07) is 4.21. The summed E-state index contributed by atoms with van der Waals surface area (Å²) in [6.07, 6.45) is 1.21. The van der Waals surface area contributed by atoms with Gasteiger partial charge in [-0.1, -0.05) is 6.07 Å². The molecule has 8 heteroatoms. The molecule has 0 amide bonds. The lowest BCUT2D eigenvalue weighted by Gasteiger charge is -2.32. The Kier molecular flexibility index (Phi) is 9.42. The molecule has 24 heavy (non-hydrogen) atoms. The predicted octanol–water partition coefficient (Wildman–Crippen LogP) is 2.40. The van der Waals surface area contributed by atoms with Gasteiger partial charge in [-0.05, 0) is 31.4 Å². The highest BCUT2D eigenvalue weighted by atomic mass is 127. The molecule has 1 aliphatic heterocycles. The van der Waals surface area contributed by atoms with Crippen molar-refractivity contribution >= 4 is 29.9 Å². The van der Waals surface area contributed by atoms with Gasteiger partial charge in [0.2, 0.25) is 0 Å². The summed E-state index contributed by atoms with van der Waals surface area (Å²) in [5.41, 5.74) is 2.12. The highest BCUT2D eigenvalue weighted by Crippen LogP contribution is 2.12. The molecule has 1 aromatic heterocycles. The molecule has 2 heterocycles. The van der Waals surface area contributed by atoms with Crippen LogP contribution >= 0.6 is 24.0 Å². The molecule has 2 N–H and O–H groups in total. The quantitative estimate of drug-likeness (QED) is 0.409. The van der Waals surface area contributed by atoms with Crippen molar-refractivity contribution in [1.29, 1.82) is 0 Å².